The van der Waals surface area contributed by atoms with E-state index in [0.717, 1.165) is 52.9 Å². The first-order chi connectivity index (χ1) is 21.1. The van der Waals surface area contributed by atoms with Gasteiger partial charge in [-0.25, -0.2) is 0 Å². The molecule has 3 heterocycles. The van der Waals surface area contributed by atoms with Gasteiger partial charge in [-0.3, -0.25) is 14.7 Å². The van der Waals surface area contributed by atoms with Crippen LogP contribution >= 0.6 is 0 Å². The molecule has 3 N–H and O–H groups in total. The molecule has 8 heteroatoms. The minimum Gasteiger partial charge on any atom is -0.392 e. The molecule has 0 spiro atoms. The van der Waals surface area contributed by atoms with Crippen LogP contribution in [0.4, 0.5) is 0 Å². The van der Waals surface area contributed by atoms with E-state index >= 15 is 0 Å². The lowest BCUT2D eigenvalue weighted by atomic mass is 9.97. The van der Waals surface area contributed by atoms with E-state index in [1.807, 2.05) is 54.6 Å². The molecular weight excluding hydrogens is 542 g/mol. The van der Waals surface area contributed by atoms with Crippen molar-refractivity contribution in [1.82, 2.24) is 15.2 Å². The van der Waals surface area contributed by atoms with E-state index in [2.05, 4.69) is 33.4 Å². The Labute approximate surface area is 251 Å². The molecule has 43 heavy (non-hydrogen) atoms. The maximum atomic E-state index is 12.6. The Morgan fingerprint density at radius 1 is 0.953 bits per heavy atom. The molecular formula is C35H37N3O5. The molecule has 1 aromatic heterocycles. The smallest absolute Gasteiger partial charge is 0.253 e. The van der Waals surface area contributed by atoms with Gasteiger partial charge in [-0.2, -0.15) is 0 Å². The summed E-state index contributed by atoms with van der Waals surface area (Å²) in [6.45, 7) is 2.66. The number of amides is 1. The summed E-state index contributed by atoms with van der Waals surface area (Å²) in [5.41, 5.74) is 6.45. The predicted molar refractivity (Wildman–Crippen MR) is 163 cm³/mol. The highest BCUT2D eigenvalue weighted by atomic mass is 16.7. The van der Waals surface area contributed by atoms with Gasteiger partial charge in [0.1, 0.15) is 0 Å². The number of aliphatic hydroxyl groups excluding tert-OH is 2. The number of hydrogen-bond donors (Lipinski definition) is 3. The van der Waals surface area contributed by atoms with Crippen molar-refractivity contribution in [3.63, 3.8) is 0 Å². The van der Waals surface area contributed by atoms with E-state index in [4.69, 9.17) is 9.47 Å². The number of benzene rings is 3. The molecule has 0 unspecified atom stereocenters. The Kier molecular flexibility index (Phi) is 9.21. The van der Waals surface area contributed by atoms with Gasteiger partial charge in [-0.15, -0.1) is 0 Å². The number of β-amino-alcohol motifs (C(OH)–C–C–N with tert-alkyl or cyclic N) is 1. The van der Waals surface area contributed by atoms with Crippen molar-refractivity contribution >= 4 is 5.91 Å². The van der Waals surface area contributed by atoms with Crippen LogP contribution in [-0.4, -0.2) is 57.8 Å². The van der Waals surface area contributed by atoms with Gasteiger partial charge in [0.05, 0.1) is 30.5 Å². The van der Waals surface area contributed by atoms with Gasteiger partial charge in [-0.05, 0) is 46.4 Å². The first-order valence-electron chi connectivity index (χ1n) is 14.8. The standard InChI is InChI=1S/C35H37N3O5/c39-23-24-7-9-26(10-8-24)33-18-31(22-38-17-15-30(40)21-38)42-35(43-33)27-13-11-25(12-14-27)32-6-2-1-4-28(32)20-37-34(41)29-5-3-16-36-19-29/h1-14,16,19,30-31,33,35,39-40H,15,17-18,20-23H2,(H,37,41)/t30-,31-,33+,35+/m0/s1. The molecule has 0 aliphatic carbocycles. The minimum absolute atomic E-state index is 0.00377. The summed E-state index contributed by atoms with van der Waals surface area (Å²) in [6.07, 6.45) is 3.65. The molecule has 1 amide bonds. The fourth-order valence-electron chi connectivity index (χ4n) is 5.85. The van der Waals surface area contributed by atoms with Gasteiger partial charge in [0, 0.05) is 50.6 Å². The van der Waals surface area contributed by atoms with Crippen molar-refractivity contribution in [3.05, 3.63) is 125 Å². The summed E-state index contributed by atoms with van der Waals surface area (Å²) >= 11 is 0. The fourth-order valence-corrected chi connectivity index (χ4v) is 5.85. The average Bonchev–Trinajstić information content (AvgIpc) is 3.48. The monoisotopic (exact) mass is 579 g/mol. The van der Waals surface area contributed by atoms with Crippen LogP contribution in [0.1, 0.15) is 57.8 Å². The summed E-state index contributed by atoms with van der Waals surface area (Å²) in [7, 11) is 0. The van der Waals surface area contributed by atoms with Crippen molar-refractivity contribution in [3.8, 4) is 11.1 Å². The number of aromatic nitrogens is 1. The normalized spacial score (nSPS) is 22.4. The third-order valence-electron chi connectivity index (χ3n) is 8.20. The molecule has 8 nitrogen and oxygen atoms in total. The second kappa shape index (κ2) is 13.6. The molecule has 4 atom stereocenters. The maximum absolute atomic E-state index is 12.6. The Morgan fingerprint density at radius 3 is 2.47 bits per heavy atom. The summed E-state index contributed by atoms with van der Waals surface area (Å²) in [5.74, 6) is -0.164. The molecule has 0 radical (unpaired) electrons. The Balaban J connectivity index is 1.18. The number of carbonyl (C=O) groups excluding carboxylic acids is 1. The van der Waals surface area contributed by atoms with E-state index in [1.54, 1.807) is 24.5 Å². The van der Waals surface area contributed by atoms with Crippen molar-refractivity contribution in [2.75, 3.05) is 19.6 Å². The molecule has 4 aromatic rings. The lowest BCUT2D eigenvalue weighted by Crippen LogP contribution is -2.38. The highest BCUT2D eigenvalue weighted by Gasteiger charge is 2.34. The van der Waals surface area contributed by atoms with Crippen LogP contribution in [0.5, 0.6) is 0 Å². The van der Waals surface area contributed by atoms with Gasteiger partial charge >= 0.3 is 0 Å². The highest BCUT2D eigenvalue weighted by molar-refractivity contribution is 5.93. The molecule has 2 saturated heterocycles. The van der Waals surface area contributed by atoms with Crippen molar-refractivity contribution < 1.29 is 24.5 Å². The molecule has 0 bridgehead atoms. The Hall–Kier alpha value is -3.92. The number of carbonyl (C=O) groups is 1. The molecule has 3 aromatic carbocycles. The summed E-state index contributed by atoms with van der Waals surface area (Å²) in [6, 6.07) is 27.6. The topological polar surface area (TPSA) is 104 Å². The maximum Gasteiger partial charge on any atom is 0.253 e. The fraction of sp³-hybridized carbons (Fsp3) is 0.314. The highest BCUT2D eigenvalue weighted by Crippen LogP contribution is 2.39. The van der Waals surface area contributed by atoms with Crippen LogP contribution in [0.15, 0.2) is 97.3 Å². The molecule has 2 aliphatic rings. The van der Waals surface area contributed by atoms with Crippen LogP contribution < -0.4 is 5.32 Å². The van der Waals surface area contributed by atoms with Gasteiger partial charge in [0.15, 0.2) is 6.29 Å². The third-order valence-corrected chi connectivity index (χ3v) is 8.20. The number of nitrogens with one attached hydrogen (secondary N) is 1. The van der Waals surface area contributed by atoms with Crippen molar-refractivity contribution in [2.24, 2.45) is 0 Å². The van der Waals surface area contributed by atoms with E-state index in [0.29, 0.717) is 25.1 Å². The molecule has 2 fully saturated rings. The van der Waals surface area contributed by atoms with E-state index in [-0.39, 0.29) is 30.8 Å². The van der Waals surface area contributed by atoms with Crippen molar-refractivity contribution in [2.45, 2.75) is 50.6 Å². The summed E-state index contributed by atoms with van der Waals surface area (Å²) in [5, 5.41) is 22.5. The van der Waals surface area contributed by atoms with Crippen LogP contribution in [0.2, 0.25) is 0 Å². The quantitative estimate of drug-likeness (QED) is 0.262. The first kappa shape index (κ1) is 29.2. The van der Waals surface area contributed by atoms with Gasteiger partial charge < -0.3 is 25.0 Å². The molecule has 222 valence electrons. The van der Waals surface area contributed by atoms with Crippen LogP contribution in [0.25, 0.3) is 11.1 Å². The molecule has 2 aliphatic heterocycles. The number of pyridine rings is 1. The van der Waals surface area contributed by atoms with E-state index in [9.17, 15) is 15.0 Å². The Morgan fingerprint density at radius 2 is 1.74 bits per heavy atom. The predicted octanol–water partition coefficient (Wildman–Crippen LogP) is 4.78. The number of nitrogens with zero attached hydrogens (tertiary/aromatic N) is 2. The second-order valence-corrected chi connectivity index (χ2v) is 11.3. The Bertz CT molecular complexity index is 1500. The van der Waals surface area contributed by atoms with Gasteiger partial charge in [0.25, 0.3) is 5.91 Å². The lowest BCUT2D eigenvalue weighted by Gasteiger charge is -2.38. The van der Waals surface area contributed by atoms with E-state index < -0.39 is 6.29 Å². The van der Waals surface area contributed by atoms with Gasteiger partial charge in [0.2, 0.25) is 0 Å². The van der Waals surface area contributed by atoms with Crippen molar-refractivity contribution in [1.29, 1.82) is 0 Å². The zero-order valence-electron chi connectivity index (χ0n) is 24.0. The summed E-state index contributed by atoms with van der Waals surface area (Å²) < 4.78 is 13.0. The van der Waals surface area contributed by atoms with Crippen LogP contribution in [0, 0.1) is 0 Å². The second-order valence-electron chi connectivity index (χ2n) is 11.3. The number of likely N-dealkylation sites (tertiary alicyclic amines) is 1. The first-order valence-corrected chi connectivity index (χ1v) is 14.8. The van der Waals surface area contributed by atoms with Crippen LogP contribution in [0.3, 0.4) is 0 Å². The number of aliphatic hydroxyl groups is 2. The van der Waals surface area contributed by atoms with Crippen LogP contribution in [-0.2, 0) is 22.6 Å². The van der Waals surface area contributed by atoms with Gasteiger partial charge in [-0.1, -0.05) is 72.8 Å². The third kappa shape index (κ3) is 7.18. The minimum atomic E-state index is -0.545. The lowest BCUT2D eigenvalue weighted by molar-refractivity contribution is -0.252. The zero-order chi connectivity index (χ0) is 29.6. The SMILES string of the molecule is O=C(NCc1ccccc1-c1ccc([C@@H]2O[C@H](CN3CC[C@H](O)C3)C[C@H](c3ccc(CO)cc3)O2)cc1)c1cccnc1. The molecule has 6 rings (SSSR count). The largest absolute Gasteiger partial charge is 0.392 e. The number of hydrogen-bond acceptors (Lipinski definition) is 7. The summed E-state index contributed by atoms with van der Waals surface area (Å²) in [4.78, 5) is 18.9. The average molecular weight is 580 g/mol. The number of ether oxygens (including phenoxy) is 2. The number of rotatable bonds is 9. The zero-order valence-corrected chi connectivity index (χ0v) is 24.0. The van der Waals surface area contributed by atoms with E-state index in [1.165, 1.54) is 0 Å². The molecule has 0 saturated carbocycles.